The van der Waals surface area contributed by atoms with Gasteiger partial charge in [-0.25, -0.2) is 0 Å². The summed E-state index contributed by atoms with van der Waals surface area (Å²) in [7, 11) is 0. The predicted molar refractivity (Wildman–Crippen MR) is 91.6 cm³/mol. The number of hydrogen-bond donors (Lipinski definition) is 1. The summed E-state index contributed by atoms with van der Waals surface area (Å²) in [5, 5.41) is 3.53. The second kappa shape index (κ2) is 7.95. The van der Waals surface area contributed by atoms with E-state index in [4.69, 9.17) is 0 Å². The van der Waals surface area contributed by atoms with Gasteiger partial charge in [-0.2, -0.15) is 0 Å². The van der Waals surface area contributed by atoms with Gasteiger partial charge in [0.05, 0.1) is 0 Å². The third-order valence-electron chi connectivity index (χ3n) is 4.84. The highest BCUT2D eigenvalue weighted by molar-refractivity contribution is 5.27. The summed E-state index contributed by atoms with van der Waals surface area (Å²) in [6, 6.07) is 11.1. The molecule has 0 spiro atoms. The van der Waals surface area contributed by atoms with Gasteiger partial charge >= 0.3 is 0 Å². The highest BCUT2D eigenvalue weighted by Crippen LogP contribution is 2.28. The van der Waals surface area contributed by atoms with E-state index >= 15 is 0 Å². The fourth-order valence-electron chi connectivity index (χ4n) is 3.50. The molecule has 2 atom stereocenters. The zero-order chi connectivity index (χ0) is 15.2. The van der Waals surface area contributed by atoms with Crippen molar-refractivity contribution >= 4 is 0 Å². The Morgan fingerprint density at radius 3 is 2.57 bits per heavy atom. The highest BCUT2D eigenvalue weighted by atomic mass is 15.2. The highest BCUT2D eigenvalue weighted by Gasteiger charge is 2.29. The molecule has 1 aliphatic heterocycles. The molecule has 2 rings (SSSR count). The number of nitrogens with one attached hydrogen (secondary N) is 1. The molecular weight excluding hydrogens is 256 g/mol. The summed E-state index contributed by atoms with van der Waals surface area (Å²) in [5.74, 6) is 0. The third-order valence-corrected chi connectivity index (χ3v) is 4.84. The maximum atomic E-state index is 3.53. The average molecular weight is 288 g/mol. The van der Waals surface area contributed by atoms with Crippen molar-refractivity contribution < 1.29 is 0 Å². The van der Waals surface area contributed by atoms with E-state index < -0.39 is 0 Å². The van der Waals surface area contributed by atoms with Crippen LogP contribution in [0.25, 0.3) is 0 Å². The molecule has 0 radical (unpaired) electrons. The second-order valence-electron chi connectivity index (χ2n) is 6.79. The molecule has 0 amide bonds. The van der Waals surface area contributed by atoms with Gasteiger partial charge in [-0.05, 0) is 50.3 Å². The van der Waals surface area contributed by atoms with Crippen LogP contribution in [0.15, 0.2) is 24.3 Å². The molecule has 1 fully saturated rings. The van der Waals surface area contributed by atoms with Gasteiger partial charge in [-0.1, -0.05) is 45.0 Å². The van der Waals surface area contributed by atoms with Crippen molar-refractivity contribution in [3.63, 3.8) is 0 Å². The zero-order valence-electron chi connectivity index (χ0n) is 14.2. The van der Waals surface area contributed by atoms with Crippen LogP contribution in [0.4, 0.5) is 0 Å². The molecule has 1 aliphatic rings. The van der Waals surface area contributed by atoms with Crippen molar-refractivity contribution in [2.24, 2.45) is 0 Å². The summed E-state index contributed by atoms with van der Waals surface area (Å²) in [5.41, 5.74) is 3.04. The maximum Gasteiger partial charge on any atom is 0.0242 e. The minimum absolute atomic E-state index is 0.570. The Hall–Kier alpha value is -0.860. The van der Waals surface area contributed by atoms with Crippen molar-refractivity contribution in [2.45, 2.75) is 78.0 Å². The Morgan fingerprint density at radius 2 is 1.90 bits per heavy atom. The van der Waals surface area contributed by atoms with Crippen LogP contribution in [0, 0.1) is 0 Å². The van der Waals surface area contributed by atoms with E-state index in [-0.39, 0.29) is 0 Å². The van der Waals surface area contributed by atoms with E-state index in [1.54, 1.807) is 0 Å². The average Bonchev–Trinajstić information content (AvgIpc) is 2.81. The lowest BCUT2D eigenvalue weighted by Gasteiger charge is -2.28. The van der Waals surface area contributed by atoms with E-state index in [1.807, 2.05) is 0 Å². The van der Waals surface area contributed by atoms with Crippen molar-refractivity contribution in [1.82, 2.24) is 10.2 Å². The van der Waals surface area contributed by atoms with Gasteiger partial charge in [0.25, 0.3) is 0 Å². The Morgan fingerprint density at radius 1 is 1.19 bits per heavy atom. The van der Waals surface area contributed by atoms with E-state index in [1.165, 1.54) is 30.4 Å². The Balaban J connectivity index is 2.02. The molecule has 0 bridgehead atoms. The maximum absolute atomic E-state index is 3.53. The molecule has 1 aromatic carbocycles. The molecule has 0 saturated carbocycles. The first kappa shape index (κ1) is 16.5. The molecule has 1 aromatic rings. The van der Waals surface area contributed by atoms with Crippen LogP contribution in [0.1, 0.15) is 58.1 Å². The lowest BCUT2D eigenvalue weighted by molar-refractivity contribution is 0.189. The number of hydrogen-bond acceptors (Lipinski definition) is 2. The molecule has 2 heteroatoms. The van der Waals surface area contributed by atoms with Crippen LogP contribution >= 0.6 is 0 Å². The Labute approximate surface area is 130 Å². The molecule has 1 heterocycles. The molecule has 118 valence electrons. The van der Waals surface area contributed by atoms with Gasteiger partial charge in [0.1, 0.15) is 0 Å². The van der Waals surface area contributed by atoms with Crippen LogP contribution in [0.5, 0.6) is 0 Å². The van der Waals surface area contributed by atoms with Crippen molar-refractivity contribution in [3.8, 4) is 0 Å². The smallest absolute Gasteiger partial charge is 0.0242 e. The van der Waals surface area contributed by atoms with Crippen LogP contribution in [0.2, 0.25) is 0 Å². The summed E-state index contributed by atoms with van der Waals surface area (Å²) in [6.45, 7) is 11.3. The fraction of sp³-hybridized carbons (Fsp3) is 0.684. The molecule has 1 saturated heterocycles. The number of benzene rings is 1. The van der Waals surface area contributed by atoms with E-state index in [0.717, 1.165) is 31.6 Å². The van der Waals surface area contributed by atoms with E-state index in [0.29, 0.717) is 6.04 Å². The van der Waals surface area contributed by atoms with Gasteiger partial charge in [-0.3, -0.25) is 4.90 Å². The summed E-state index contributed by atoms with van der Waals surface area (Å²) >= 11 is 0. The quantitative estimate of drug-likeness (QED) is 0.816. The molecule has 0 aromatic heterocycles. The van der Waals surface area contributed by atoms with Crippen LogP contribution in [-0.2, 0) is 13.0 Å². The Kier molecular flexibility index (Phi) is 6.25. The van der Waals surface area contributed by atoms with Crippen LogP contribution in [0.3, 0.4) is 0 Å². The van der Waals surface area contributed by atoms with Gasteiger partial charge in [-0.15, -0.1) is 0 Å². The first-order chi connectivity index (χ1) is 10.1. The van der Waals surface area contributed by atoms with Gasteiger partial charge in [0.15, 0.2) is 0 Å². The van der Waals surface area contributed by atoms with Gasteiger partial charge in [0.2, 0.25) is 0 Å². The molecule has 2 nitrogen and oxygen atoms in total. The summed E-state index contributed by atoms with van der Waals surface area (Å²) < 4.78 is 0. The first-order valence-corrected chi connectivity index (χ1v) is 8.67. The van der Waals surface area contributed by atoms with Crippen molar-refractivity contribution in [2.75, 3.05) is 6.54 Å². The standard InChI is InChI=1S/C19H32N2/c1-5-19-11-10-16(4)21(19)14-18-9-7-6-8-17(18)12-13-20-15(2)3/h6-9,15-16,19-20H,5,10-14H2,1-4H3. The molecule has 21 heavy (non-hydrogen) atoms. The summed E-state index contributed by atoms with van der Waals surface area (Å²) in [6.07, 6.45) is 5.14. The molecule has 0 aliphatic carbocycles. The normalized spacial score (nSPS) is 23.1. The topological polar surface area (TPSA) is 15.3 Å². The minimum atomic E-state index is 0.570. The second-order valence-corrected chi connectivity index (χ2v) is 6.79. The van der Waals surface area contributed by atoms with E-state index in [2.05, 4.69) is 62.2 Å². The first-order valence-electron chi connectivity index (χ1n) is 8.67. The Bertz CT molecular complexity index is 427. The number of rotatable bonds is 7. The largest absolute Gasteiger partial charge is 0.314 e. The van der Waals surface area contributed by atoms with Gasteiger partial charge < -0.3 is 5.32 Å². The fourth-order valence-corrected chi connectivity index (χ4v) is 3.50. The minimum Gasteiger partial charge on any atom is -0.314 e. The molecular formula is C19H32N2. The third kappa shape index (κ3) is 4.55. The van der Waals surface area contributed by atoms with Crippen LogP contribution < -0.4 is 5.32 Å². The monoisotopic (exact) mass is 288 g/mol. The van der Waals surface area contributed by atoms with E-state index in [9.17, 15) is 0 Å². The lowest BCUT2D eigenvalue weighted by Crippen LogP contribution is -2.34. The van der Waals surface area contributed by atoms with Crippen molar-refractivity contribution in [1.29, 1.82) is 0 Å². The van der Waals surface area contributed by atoms with Crippen LogP contribution in [-0.4, -0.2) is 29.6 Å². The van der Waals surface area contributed by atoms with Crippen molar-refractivity contribution in [3.05, 3.63) is 35.4 Å². The molecule has 1 N–H and O–H groups in total. The van der Waals surface area contributed by atoms with Gasteiger partial charge in [0, 0.05) is 24.7 Å². The summed E-state index contributed by atoms with van der Waals surface area (Å²) in [4.78, 5) is 2.72. The molecule has 2 unspecified atom stereocenters. The number of nitrogens with zero attached hydrogens (tertiary/aromatic N) is 1. The zero-order valence-corrected chi connectivity index (χ0v) is 14.2. The lowest BCUT2D eigenvalue weighted by atomic mass is 10.0. The SMILES string of the molecule is CCC1CCC(C)N1Cc1ccccc1CCNC(C)C. The predicted octanol–water partition coefficient (Wildman–Crippen LogP) is 3.99. The number of likely N-dealkylation sites (tertiary alicyclic amines) is 1.